The summed E-state index contributed by atoms with van der Waals surface area (Å²) >= 11 is 12.2. The molecule has 1 atom stereocenters. The molecule has 20 heavy (non-hydrogen) atoms. The predicted molar refractivity (Wildman–Crippen MR) is 84.5 cm³/mol. The molecule has 1 aromatic carbocycles. The van der Waals surface area contributed by atoms with Crippen molar-refractivity contribution in [3.05, 3.63) is 52.0 Å². The molecular formula is C15H19Cl2N3. The van der Waals surface area contributed by atoms with E-state index in [9.17, 15) is 0 Å². The number of hydrogen-bond donors (Lipinski definition) is 1. The summed E-state index contributed by atoms with van der Waals surface area (Å²) in [5, 5.41) is 4.89. The molecule has 1 N–H and O–H groups in total. The van der Waals surface area contributed by atoms with Crippen molar-refractivity contribution < 1.29 is 0 Å². The number of imidazole rings is 1. The van der Waals surface area contributed by atoms with Gasteiger partial charge < -0.3 is 9.88 Å². The summed E-state index contributed by atoms with van der Waals surface area (Å²) in [6.07, 6.45) is 5.52. The lowest BCUT2D eigenvalue weighted by Gasteiger charge is -2.18. The van der Waals surface area contributed by atoms with E-state index in [4.69, 9.17) is 23.2 Å². The molecule has 2 aromatic rings. The Bertz CT molecular complexity index is 566. The van der Waals surface area contributed by atoms with Gasteiger partial charge in [-0.15, -0.1) is 0 Å². The van der Waals surface area contributed by atoms with E-state index in [1.54, 1.807) is 6.07 Å². The summed E-state index contributed by atoms with van der Waals surface area (Å²) in [4.78, 5) is 4.38. The van der Waals surface area contributed by atoms with Crippen molar-refractivity contribution in [3.63, 3.8) is 0 Å². The molecule has 0 saturated carbocycles. The third kappa shape index (κ3) is 3.98. The number of likely N-dealkylation sites (N-methyl/N-ethyl adjacent to an activating group) is 1. The minimum atomic E-state index is 0.305. The smallest absolute Gasteiger partial charge is 0.109 e. The number of aryl methyl sites for hydroxylation is 1. The van der Waals surface area contributed by atoms with Crippen molar-refractivity contribution in [2.75, 3.05) is 6.54 Å². The molecule has 3 nitrogen and oxygen atoms in total. The number of aromatic nitrogens is 2. The fraction of sp³-hybridized carbons (Fsp3) is 0.400. The Hall–Kier alpha value is -1.03. The number of benzene rings is 1. The molecule has 0 radical (unpaired) electrons. The molecule has 0 spiro atoms. The summed E-state index contributed by atoms with van der Waals surface area (Å²) < 4.78 is 2.05. The highest BCUT2D eigenvalue weighted by atomic mass is 35.5. The number of nitrogens with one attached hydrogen (secondary N) is 1. The van der Waals surface area contributed by atoms with Gasteiger partial charge in [0.2, 0.25) is 0 Å². The fourth-order valence-corrected chi connectivity index (χ4v) is 2.76. The molecule has 5 heteroatoms. The highest BCUT2D eigenvalue weighted by molar-refractivity contribution is 6.35. The Morgan fingerprint density at radius 3 is 2.70 bits per heavy atom. The molecule has 1 unspecified atom stereocenters. The van der Waals surface area contributed by atoms with Gasteiger partial charge in [-0.25, -0.2) is 4.98 Å². The predicted octanol–water partition coefficient (Wildman–Crippen LogP) is 3.49. The first-order valence-corrected chi connectivity index (χ1v) is 7.49. The van der Waals surface area contributed by atoms with Gasteiger partial charge in [-0.2, -0.15) is 0 Å². The van der Waals surface area contributed by atoms with Crippen molar-refractivity contribution in [3.8, 4) is 0 Å². The van der Waals surface area contributed by atoms with E-state index in [2.05, 4.69) is 17.2 Å². The summed E-state index contributed by atoms with van der Waals surface area (Å²) in [6.45, 7) is 3.02. The summed E-state index contributed by atoms with van der Waals surface area (Å²) in [5.41, 5.74) is 1.11. The normalized spacial score (nSPS) is 12.6. The zero-order valence-corrected chi connectivity index (χ0v) is 13.2. The monoisotopic (exact) mass is 311 g/mol. The first-order chi connectivity index (χ1) is 9.60. The minimum Gasteiger partial charge on any atom is -0.338 e. The van der Waals surface area contributed by atoms with Crippen LogP contribution in [0.1, 0.15) is 18.3 Å². The molecule has 0 bridgehead atoms. The van der Waals surface area contributed by atoms with E-state index < -0.39 is 0 Å². The molecule has 0 aliphatic heterocycles. The van der Waals surface area contributed by atoms with E-state index >= 15 is 0 Å². The molecule has 0 fully saturated rings. The van der Waals surface area contributed by atoms with Crippen LogP contribution in [0.4, 0.5) is 0 Å². The molecule has 1 aromatic heterocycles. The number of rotatable bonds is 6. The average Bonchev–Trinajstić information content (AvgIpc) is 2.79. The zero-order valence-electron chi connectivity index (χ0n) is 11.7. The lowest BCUT2D eigenvalue weighted by atomic mass is 10.0. The highest BCUT2D eigenvalue weighted by Crippen LogP contribution is 2.22. The topological polar surface area (TPSA) is 29.9 Å². The van der Waals surface area contributed by atoms with Gasteiger partial charge >= 0.3 is 0 Å². The first-order valence-electron chi connectivity index (χ1n) is 6.73. The van der Waals surface area contributed by atoms with Gasteiger partial charge in [-0.05, 0) is 30.7 Å². The van der Waals surface area contributed by atoms with Crippen LogP contribution in [0.25, 0.3) is 0 Å². The van der Waals surface area contributed by atoms with Crippen LogP contribution >= 0.6 is 23.2 Å². The third-order valence-electron chi connectivity index (χ3n) is 3.32. The van der Waals surface area contributed by atoms with Crippen LogP contribution in [0.3, 0.4) is 0 Å². The van der Waals surface area contributed by atoms with Gasteiger partial charge in [0.05, 0.1) is 0 Å². The van der Waals surface area contributed by atoms with Crippen LogP contribution in [-0.4, -0.2) is 22.1 Å². The first kappa shape index (κ1) is 15.4. The standard InChI is InChI=1S/C15H19Cl2N3/c1-3-18-13(10-15-19-6-7-20(15)2)8-11-4-5-12(16)9-14(11)17/h4-7,9,13,18H,3,8,10H2,1-2H3. The third-order valence-corrected chi connectivity index (χ3v) is 3.91. The Morgan fingerprint density at radius 1 is 1.30 bits per heavy atom. The van der Waals surface area contributed by atoms with E-state index in [0.717, 1.165) is 35.8 Å². The Morgan fingerprint density at radius 2 is 2.10 bits per heavy atom. The molecule has 2 rings (SSSR count). The van der Waals surface area contributed by atoms with E-state index in [1.165, 1.54) is 0 Å². The number of halogens is 2. The second-order valence-corrected chi connectivity index (χ2v) is 5.70. The summed E-state index contributed by atoms with van der Waals surface area (Å²) in [7, 11) is 2.01. The second-order valence-electron chi connectivity index (χ2n) is 4.85. The highest BCUT2D eigenvalue weighted by Gasteiger charge is 2.14. The van der Waals surface area contributed by atoms with Crippen LogP contribution in [0.15, 0.2) is 30.6 Å². The van der Waals surface area contributed by atoms with Gasteiger partial charge in [-0.3, -0.25) is 0 Å². The Balaban J connectivity index is 2.11. The van der Waals surface area contributed by atoms with Crippen molar-refractivity contribution in [2.24, 2.45) is 7.05 Å². The van der Waals surface area contributed by atoms with Gasteiger partial charge in [0, 0.05) is 41.9 Å². The lowest BCUT2D eigenvalue weighted by Crippen LogP contribution is -2.34. The Labute approximate surface area is 129 Å². The number of nitrogens with zero attached hydrogens (tertiary/aromatic N) is 2. The second kappa shape index (κ2) is 7.11. The minimum absolute atomic E-state index is 0.305. The maximum absolute atomic E-state index is 6.25. The molecule has 0 saturated heterocycles. The maximum atomic E-state index is 6.25. The van der Waals surface area contributed by atoms with E-state index in [-0.39, 0.29) is 0 Å². The van der Waals surface area contributed by atoms with Crippen LogP contribution in [0.2, 0.25) is 10.0 Å². The SMILES string of the molecule is CCNC(Cc1ccc(Cl)cc1Cl)Cc1nccn1C. The summed E-state index contributed by atoms with van der Waals surface area (Å²) in [6, 6.07) is 5.97. The molecule has 0 aliphatic carbocycles. The van der Waals surface area contributed by atoms with E-state index in [1.807, 2.05) is 36.1 Å². The Kier molecular flexibility index (Phi) is 5.46. The fourth-order valence-electron chi connectivity index (χ4n) is 2.27. The molecule has 1 heterocycles. The van der Waals surface area contributed by atoms with Crippen molar-refractivity contribution in [1.82, 2.24) is 14.9 Å². The number of hydrogen-bond acceptors (Lipinski definition) is 2. The van der Waals surface area contributed by atoms with Crippen LogP contribution in [0.5, 0.6) is 0 Å². The van der Waals surface area contributed by atoms with Crippen molar-refractivity contribution in [1.29, 1.82) is 0 Å². The zero-order chi connectivity index (χ0) is 14.5. The van der Waals surface area contributed by atoms with Crippen LogP contribution < -0.4 is 5.32 Å². The molecule has 0 amide bonds. The van der Waals surface area contributed by atoms with Gasteiger partial charge in [0.15, 0.2) is 0 Å². The molecule has 0 aliphatic rings. The van der Waals surface area contributed by atoms with Gasteiger partial charge in [0.25, 0.3) is 0 Å². The van der Waals surface area contributed by atoms with Gasteiger partial charge in [-0.1, -0.05) is 36.2 Å². The molecule has 108 valence electrons. The van der Waals surface area contributed by atoms with Crippen LogP contribution in [-0.2, 0) is 19.9 Å². The average molecular weight is 312 g/mol. The maximum Gasteiger partial charge on any atom is 0.109 e. The lowest BCUT2D eigenvalue weighted by molar-refractivity contribution is 0.504. The van der Waals surface area contributed by atoms with E-state index in [0.29, 0.717) is 11.1 Å². The molecular weight excluding hydrogens is 293 g/mol. The van der Waals surface area contributed by atoms with Gasteiger partial charge in [0.1, 0.15) is 5.82 Å². The quantitative estimate of drug-likeness (QED) is 0.885. The largest absolute Gasteiger partial charge is 0.338 e. The van der Waals surface area contributed by atoms with Crippen molar-refractivity contribution >= 4 is 23.2 Å². The van der Waals surface area contributed by atoms with Crippen molar-refractivity contribution in [2.45, 2.75) is 25.8 Å². The summed E-state index contributed by atoms with van der Waals surface area (Å²) in [5.74, 6) is 1.07. The van der Waals surface area contributed by atoms with Crippen LogP contribution in [0, 0.1) is 0 Å².